The Kier molecular flexibility index (Phi) is 9.77. The van der Waals surface area contributed by atoms with Crippen LogP contribution in [-0.4, -0.2) is 56.2 Å². The predicted molar refractivity (Wildman–Crippen MR) is 151 cm³/mol. The standard InChI is InChI=1S/C29H37N3O6S/c1-8-19-9-12-21(30-18-19)15-16-36-22-13-10-20(11-14-22)17-23-24(33)32(27(35)38-29(5,6)7)25(39-23)31-26(34)37-28(2,3)4/h9-14,18,23H,8,15-17H2,1-7H3/b31-25-. The van der Waals surface area contributed by atoms with Crippen molar-refractivity contribution in [2.75, 3.05) is 6.61 Å². The van der Waals surface area contributed by atoms with Crippen LogP contribution in [0.4, 0.5) is 9.59 Å². The van der Waals surface area contributed by atoms with E-state index in [0.717, 1.165) is 34.3 Å². The molecule has 3 rings (SSSR count). The van der Waals surface area contributed by atoms with Crippen LogP contribution in [0, 0.1) is 0 Å². The number of aliphatic imine (C=N–C) groups is 1. The molecule has 0 bridgehead atoms. The lowest BCUT2D eigenvalue weighted by molar-refractivity contribution is -0.125. The fourth-order valence-corrected chi connectivity index (χ4v) is 4.67. The van der Waals surface area contributed by atoms with E-state index in [0.29, 0.717) is 25.2 Å². The first kappa shape index (κ1) is 30.1. The average molecular weight is 556 g/mol. The molecule has 9 nitrogen and oxygen atoms in total. The topological polar surface area (TPSA) is 107 Å². The Bertz CT molecular complexity index is 1200. The highest BCUT2D eigenvalue weighted by Gasteiger charge is 2.44. The van der Waals surface area contributed by atoms with Gasteiger partial charge >= 0.3 is 12.2 Å². The number of thioether (sulfide) groups is 1. The normalized spacial score (nSPS) is 16.9. The minimum Gasteiger partial charge on any atom is -0.493 e. The van der Waals surface area contributed by atoms with Gasteiger partial charge in [0.2, 0.25) is 0 Å². The molecule has 1 fully saturated rings. The number of benzene rings is 1. The maximum Gasteiger partial charge on any atom is 0.436 e. The van der Waals surface area contributed by atoms with Gasteiger partial charge < -0.3 is 14.2 Å². The number of hydrogen-bond acceptors (Lipinski definition) is 8. The number of pyridine rings is 1. The van der Waals surface area contributed by atoms with Gasteiger partial charge in [-0.2, -0.15) is 9.89 Å². The molecule has 0 N–H and O–H groups in total. The van der Waals surface area contributed by atoms with Gasteiger partial charge in [0.15, 0.2) is 5.17 Å². The van der Waals surface area contributed by atoms with E-state index in [1.807, 2.05) is 36.5 Å². The molecule has 1 aromatic heterocycles. The molecule has 0 saturated carbocycles. The summed E-state index contributed by atoms with van der Waals surface area (Å²) in [4.78, 5) is 47.6. The summed E-state index contributed by atoms with van der Waals surface area (Å²) in [7, 11) is 0. The lowest BCUT2D eigenvalue weighted by atomic mass is 10.1. The zero-order valence-electron chi connectivity index (χ0n) is 23.6. The SMILES string of the molecule is CCc1ccc(CCOc2ccc(CC3S/C(=N\C(=O)OC(C)(C)C)N(C(=O)OC(C)(C)C)C3=O)cc2)nc1. The third-order valence-electron chi connectivity index (χ3n) is 5.36. The third-order valence-corrected chi connectivity index (χ3v) is 6.49. The Morgan fingerprint density at radius 1 is 0.974 bits per heavy atom. The number of aryl methyl sites for hydroxylation is 1. The van der Waals surface area contributed by atoms with Gasteiger partial charge in [-0.05, 0) is 83.7 Å². The summed E-state index contributed by atoms with van der Waals surface area (Å²) in [5.74, 6) is 0.204. The van der Waals surface area contributed by atoms with Crippen molar-refractivity contribution in [3.8, 4) is 5.75 Å². The minimum atomic E-state index is -0.884. The zero-order valence-corrected chi connectivity index (χ0v) is 24.5. The summed E-state index contributed by atoms with van der Waals surface area (Å²) in [6.07, 6.45) is 2.10. The van der Waals surface area contributed by atoms with E-state index in [9.17, 15) is 14.4 Å². The fourth-order valence-electron chi connectivity index (χ4n) is 3.53. The average Bonchev–Trinajstić information content (AvgIpc) is 3.12. The molecule has 10 heteroatoms. The first-order valence-electron chi connectivity index (χ1n) is 12.9. The molecule has 1 aliphatic rings. The second kappa shape index (κ2) is 12.6. The fraction of sp³-hybridized carbons (Fsp3) is 0.483. The number of aromatic nitrogens is 1. The second-order valence-electron chi connectivity index (χ2n) is 11.1. The Morgan fingerprint density at radius 2 is 1.62 bits per heavy atom. The molecule has 1 unspecified atom stereocenters. The van der Waals surface area contributed by atoms with E-state index in [2.05, 4.69) is 23.0 Å². The van der Waals surface area contributed by atoms with Crippen molar-refractivity contribution < 1.29 is 28.6 Å². The van der Waals surface area contributed by atoms with E-state index < -0.39 is 34.5 Å². The molecule has 1 aromatic carbocycles. The molecule has 1 saturated heterocycles. The first-order chi connectivity index (χ1) is 18.2. The molecule has 0 radical (unpaired) electrons. The summed E-state index contributed by atoms with van der Waals surface area (Å²) in [5, 5.41) is -0.725. The lowest BCUT2D eigenvalue weighted by Crippen LogP contribution is -2.42. The Balaban J connectivity index is 1.65. The van der Waals surface area contributed by atoms with E-state index >= 15 is 0 Å². The molecule has 1 atom stereocenters. The Morgan fingerprint density at radius 3 is 2.18 bits per heavy atom. The van der Waals surface area contributed by atoms with Gasteiger partial charge in [-0.3, -0.25) is 9.78 Å². The van der Waals surface area contributed by atoms with Crippen molar-refractivity contribution in [1.82, 2.24) is 9.88 Å². The van der Waals surface area contributed by atoms with Gasteiger partial charge in [-0.25, -0.2) is 9.59 Å². The van der Waals surface area contributed by atoms with Crippen molar-refractivity contribution in [2.24, 2.45) is 4.99 Å². The first-order valence-corrected chi connectivity index (χ1v) is 13.8. The number of nitrogens with zero attached hydrogens (tertiary/aromatic N) is 3. The van der Waals surface area contributed by atoms with Crippen molar-refractivity contribution in [3.63, 3.8) is 0 Å². The third kappa shape index (κ3) is 9.38. The molecule has 2 heterocycles. The molecular formula is C29H37N3O6S. The van der Waals surface area contributed by atoms with Crippen molar-refractivity contribution >= 4 is 35.0 Å². The number of ether oxygens (including phenoxy) is 3. The van der Waals surface area contributed by atoms with Crippen molar-refractivity contribution in [3.05, 3.63) is 59.4 Å². The van der Waals surface area contributed by atoms with Crippen LogP contribution in [0.2, 0.25) is 0 Å². The second-order valence-corrected chi connectivity index (χ2v) is 12.3. The number of carbonyl (C=O) groups is 3. The van der Waals surface area contributed by atoms with Crippen molar-refractivity contribution in [1.29, 1.82) is 0 Å². The summed E-state index contributed by atoms with van der Waals surface area (Å²) in [6, 6.07) is 11.5. The maximum atomic E-state index is 13.2. The summed E-state index contributed by atoms with van der Waals surface area (Å²) < 4.78 is 16.5. The molecule has 0 spiro atoms. The highest BCUT2D eigenvalue weighted by molar-refractivity contribution is 8.15. The van der Waals surface area contributed by atoms with Gasteiger partial charge in [0.1, 0.15) is 17.0 Å². The van der Waals surface area contributed by atoms with E-state index in [1.165, 1.54) is 5.56 Å². The van der Waals surface area contributed by atoms with E-state index in [1.54, 1.807) is 41.5 Å². The summed E-state index contributed by atoms with van der Waals surface area (Å²) in [6.45, 7) is 12.8. The van der Waals surface area contributed by atoms with Crippen LogP contribution >= 0.6 is 11.8 Å². The van der Waals surface area contributed by atoms with Crippen LogP contribution in [0.1, 0.15) is 65.3 Å². The number of hydrogen-bond donors (Lipinski definition) is 0. The van der Waals surface area contributed by atoms with E-state index in [-0.39, 0.29) is 5.17 Å². The van der Waals surface area contributed by atoms with Crippen LogP contribution in [0.3, 0.4) is 0 Å². The van der Waals surface area contributed by atoms with Gasteiger partial charge in [0, 0.05) is 18.3 Å². The van der Waals surface area contributed by atoms with Crippen LogP contribution in [0.25, 0.3) is 0 Å². The molecule has 210 valence electrons. The van der Waals surface area contributed by atoms with Gasteiger partial charge in [-0.15, -0.1) is 0 Å². The maximum absolute atomic E-state index is 13.2. The van der Waals surface area contributed by atoms with Gasteiger partial charge in [-0.1, -0.05) is 36.9 Å². The van der Waals surface area contributed by atoms with E-state index in [4.69, 9.17) is 14.2 Å². The lowest BCUT2D eigenvalue weighted by Gasteiger charge is -2.23. The highest BCUT2D eigenvalue weighted by atomic mass is 32.2. The van der Waals surface area contributed by atoms with Gasteiger partial charge in [0.25, 0.3) is 5.91 Å². The van der Waals surface area contributed by atoms with Gasteiger partial charge in [0.05, 0.1) is 11.9 Å². The number of carbonyl (C=O) groups excluding carboxylic acids is 3. The predicted octanol–water partition coefficient (Wildman–Crippen LogP) is 5.98. The number of amidine groups is 1. The van der Waals surface area contributed by atoms with Crippen LogP contribution in [0.15, 0.2) is 47.6 Å². The molecule has 2 aromatic rings. The van der Waals surface area contributed by atoms with Crippen LogP contribution in [0.5, 0.6) is 5.75 Å². The smallest absolute Gasteiger partial charge is 0.436 e. The Hall–Kier alpha value is -3.40. The highest BCUT2D eigenvalue weighted by Crippen LogP contribution is 2.32. The van der Waals surface area contributed by atoms with Crippen molar-refractivity contribution in [2.45, 2.75) is 84.2 Å². The Labute approximate surface area is 234 Å². The molecule has 3 amide bonds. The number of amides is 3. The zero-order chi connectivity index (χ0) is 28.8. The largest absolute Gasteiger partial charge is 0.493 e. The molecule has 0 aliphatic carbocycles. The monoisotopic (exact) mass is 555 g/mol. The number of rotatable bonds is 7. The molecule has 39 heavy (non-hydrogen) atoms. The number of imide groups is 1. The minimum absolute atomic E-state index is 0.0611. The quantitative estimate of drug-likeness (QED) is 0.411. The molecular weight excluding hydrogens is 518 g/mol. The summed E-state index contributed by atoms with van der Waals surface area (Å²) in [5.41, 5.74) is 1.44. The summed E-state index contributed by atoms with van der Waals surface area (Å²) >= 11 is 1.04. The van der Waals surface area contributed by atoms with Crippen LogP contribution in [-0.2, 0) is 33.5 Å². The molecule has 1 aliphatic heterocycles. The van der Waals surface area contributed by atoms with Crippen LogP contribution < -0.4 is 4.74 Å².